The van der Waals surface area contributed by atoms with Crippen LogP contribution in [0.2, 0.25) is 0 Å². The SMILES string of the molecule is C=CCOCCOCc1ccccc1OCC(O)CNCCc1ccccc1. The Kier molecular flexibility index (Phi) is 11.0. The van der Waals surface area contributed by atoms with Gasteiger partial charge >= 0.3 is 0 Å². The van der Waals surface area contributed by atoms with Gasteiger partial charge in [-0.3, -0.25) is 0 Å². The summed E-state index contributed by atoms with van der Waals surface area (Å²) in [5, 5.41) is 13.4. The summed E-state index contributed by atoms with van der Waals surface area (Å²) in [6.45, 7) is 7.16. The molecule has 0 spiro atoms. The zero-order chi connectivity index (χ0) is 19.9. The van der Waals surface area contributed by atoms with Crippen LogP contribution in [0, 0.1) is 0 Å². The summed E-state index contributed by atoms with van der Waals surface area (Å²) in [4.78, 5) is 0. The highest BCUT2D eigenvalue weighted by Crippen LogP contribution is 2.19. The quantitative estimate of drug-likeness (QED) is 0.365. The van der Waals surface area contributed by atoms with Crippen molar-refractivity contribution in [1.82, 2.24) is 5.32 Å². The summed E-state index contributed by atoms with van der Waals surface area (Å²) in [6.07, 6.45) is 2.08. The molecule has 5 heteroatoms. The Balaban J connectivity index is 1.63. The predicted octanol–water partition coefficient (Wildman–Crippen LogP) is 2.98. The highest BCUT2D eigenvalue weighted by atomic mass is 16.5. The van der Waals surface area contributed by atoms with Crippen molar-refractivity contribution in [1.29, 1.82) is 0 Å². The van der Waals surface area contributed by atoms with Crippen molar-refractivity contribution in [3.8, 4) is 5.75 Å². The molecule has 2 rings (SSSR count). The second-order valence-corrected chi connectivity index (χ2v) is 6.43. The summed E-state index contributed by atoms with van der Waals surface area (Å²) < 4.78 is 16.7. The van der Waals surface area contributed by atoms with Gasteiger partial charge in [0.2, 0.25) is 0 Å². The van der Waals surface area contributed by atoms with Gasteiger partial charge in [0.1, 0.15) is 18.5 Å². The van der Waals surface area contributed by atoms with Crippen LogP contribution in [-0.2, 0) is 22.5 Å². The molecule has 0 saturated heterocycles. The average molecular weight is 386 g/mol. The van der Waals surface area contributed by atoms with E-state index in [2.05, 4.69) is 24.0 Å². The van der Waals surface area contributed by atoms with Crippen LogP contribution in [0.15, 0.2) is 67.3 Å². The second kappa shape index (κ2) is 13.9. The minimum absolute atomic E-state index is 0.234. The number of aliphatic hydroxyl groups excluding tert-OH is 1. The van der Waals surface area contributed by atoms with Crippen LogP contribution in [0.4, 0.5) is 0 Å². The Hall–Kier alpha value is -2.18. The largest absolute Gasteiger partial charge is 0.490 e. The third kappa shape index (κ3) is 9.15. The Morgan fingerprint density at radius 1 is 1.00 bits per heavy atom. The van der Waals surface area contributed by atoms with Crippen LogP contribution >= 0.6 is 0 Å². The Morgan fingerprint density at radius 3 is 2.57 bits per heavy atom. The highest BCUT2D eigenvalue weighted by Gasteiger charge is 2.08. The highest BCUT2D eigenvalue weighted by molar-refractivity contribution is 5.32. The van der Waals surface area contributed by atoms with E-state index in [4.69, 9.17) is 14.2 Å². The van der Waals surface area contributed by atoms with Crippen LogP contribution < -0.4 is 10.1 Å². The van der Waals surface area contributed by atoms with Crippen molar-refractivity contribution in [2.24, 2.45) is 0 Å². The van der Waals surface area contributed by atoms with E-state index in [-0.39, 0.29) is 6.61 Å². The van der Waals surface area contributed by atoms with Gasteiger partial charge in [0.15, 0.2) is 0 Å². The van der Waals surface area contributed by atoms with Gasteiger partial charge in [-0.2, -0.15) is 0 Å². The molecule has 0 aromatic heterocycles. The lowest BCUT2D eigenvalue weighted by Crippen LogP contribution is -2.32. The summed E-state index contributed by atoms with van der Waals surface area (Å²) in [5.74, 6) is 0.734. The number of rotatable bonds is 15. The van der Waals surface area contributed by atoms with Crippen LogP contribution in [0.25, 0.3) is 0 Å². The number of hydrogen-bond donors (Lipinski definition) is 2. The molecule has 0 fully saturated rings. The zero-order valence-electron chi connectivity index (χ0n) is 16.4. The number of benzene rings is 2. The fraction of sp³-hybridized carbons (Fsp3) is 0.391. The molecular formula is C23H31NO4. The monoisotopic (exact) mass is 385 g/mol. The maximum absolute atomic E-state index is 10.2. The first-order valence-electron chi connectivity index (χ1n) is 9.69. The standard InChI is InChI=1S/C23H31NO4/c1-2-14-26-15-16-27-18-21-10-6-7-11-23(21)28-19-22(25)17-24-13-12-20-8-4-3-5-9-20/h2-11,22,24-25H,1,12-19H2. The van der Waals surface area contributed by atoms with E-state index in [1.807, 2.05) is 42.5 Å². The summed E-state index contributed by atoms with van der Waals surface area (Å²) in [5.41, 5.74) is 2.24. The number of aliphatic hydroxyl groups is 1. The topological polar surface area (TPSA) is 60.0 Å². The molecule has 1 unspecified atom stereocenters. The molecule has 0 heterocycles. The van der Waals surface area contributed by atoms with Gasteiger partial charge in [-0.1, -0.05) is 54.6 Å². The van der Waals surface area contributed by atoms with Crippen molar-refractivity contribution in [3.05, 3.63) is 78.4 Å². The summed E-state index contributed by atoms with van der Waals surface area (Å²) in [6, 6.07) is 18.0. The smallest absolute Gasteiger partial charge is 0.124 e. The first-order valence-corrected chi connectivity index (χ1v) is 9.69. The van der Waals surface area contributed by atoms with Gasteiger partial charge in [0.05, 0.1) is 26.4 Å². The number of para-hydroxylation sites is 1. The third-order valence-corrected chi connectivity index (χ3v) is 4.08. The van der Waals surface area contributed by atoms with Gasteiger partial charge < -0.3 is 24.6 Å². The average Bonchev–Trinajstić information content (AvgIpc) is 2.73. The first-order chi connectivity index (χ1) is 13.8. The van der Waals surface area contributed by atoms with Crippen molar-refractivity contribution in [3.63, 3.8) is 0 Å². The third-order valence-electron chi connectivity index (χ3n) is 4.08. The molecule has 0 radical (unpaired) electrons. The number of hydrogen-bond acceptors (Lipinski definition) is 5. The molecule has 1 atom stereocenters. The van der Waals surface area contributed by atoms with Crippen LogP contribution in [0.5, 0.6) is 5.75 Å². The van der Waals surface area contributed by atoms with Gasteiger partial charge in [0, 0.05) is 12.1 Å². The summed E-state index contributed by atoms with van der Waals surface area (Å²) in [7, 11) is 0. The van der Waals surface area contributed by atoms with E-state index >= 15 is 0 Å². The molecule has 0 aliphatic rings. The lowest BCUT2D eigenvalue weighted by Gasteiger charge is -2.16. The van der Waals surface area contributed by atoms with E-state index in [0.29, 0.717) is 33.0 Å². The lowest BCUT2D eigenvalue weighted by atomic mass is 10.1. The van der Waals surface area contributed by atoms with E-state index in [1.165, 1.54) is 5.56 Å². The van der Waals surface area contributed by atoms with Gasteiger partial charge in [-0.25, -0.2) is 0 Å². The fourth-order valence-corrected chi connectivity index (χ4v) is 2.62. The fourth-order valence-electron chi connectivity index (χ4n) is 2.62. The molecule has 2 aromatic carbocycles. The molecule has 0 aliphatic carbocycles. The van der Waals surface area contributed by atoms with Gasteiger partial charge in [-0.05, 0) is 24.6 Å². The molecule has 0 amide bonds. The van der Waals surface area contributed by atoms with E-state index < -0.39 is 6.10 Å². The summed E-state index contributed by atoms with van der Waals surface area (Å²) >= 11 is 0. The Bertz CT molecular complexity index is 663. The molecule has 0 aliphatic heterocycles. The first kappa shape index (κ1) is 22.1. The van der Waals surface area contributed by atoms with Crippen molar-refractivity contribution in [2.45, 2.75) is 19.1 Å². The minimum atomic E-state index is -0.572. The predicted molar refractivity (Wildman–Crippen MR) is 112 cm³/mol. The Labute approximate surface area is 167 Å². The maximum atomic E-state index is 10.2. The van der Waals surface area contributed by atoms with Crippen LogP contribution in [-0.4, -0.2) is 50.7 Å². The van der Waals surface area contributed by atoms with Gasteiger partial charge in [-0.15, -0.1) is 6.58 Å². The zero-order valence-corrected chi connectivity index (χ0v) is 16.4. The second-order valence-electron chi connectivity index (χ2n) is 6.43. The van der Waals surface area contributed by atoms with Crippen LogP contribution in [0.1, 0.15) is 11.1 Å². The molecule has 0 bridgehead atoms. The molecular weight excluding hydrogens is 354 g/mol. The molecule has 2 aromatic rings. The molecule has 28 heavy (non-hydrogen) atoms. The van der Waals surface area contributed by atoms with E-state index in [0.717, 1.165) is 24.3 Å². The molecule has 2 N–H and O–H groups in total. The normalized spacial score (nSPS) is 11.9. The van der Waals surface area contributed by atoms with Crippen molar-refractivity contribution in [2.75, 3.05) is 39.5 Å². The molecule has 5 nitrogen and oxygen atoms in total. The molecule has 152 valence electrons. The van der Waals surface area contributed by atoms with E-state index in [1.54, 1.807) is 6.08 Å². The number of nitrogens with one attached hydrogen (secondary N) is 1. The van der Waals surface area contributed by atoms with Crippen molar-refractivity contribution >= 4 is 0 Å². The van der Waals surface area contributed by atoms with Gasteiger partial charge in [0.25, 0.3) is 0 Å². The van der Waals surface area contributed by atoms with E-state index in [9.17, 15) is 5.11 Å². The molecule has 0 saturated carbocycles. The Morgan fingerprint density at radius 2 is 1.75 bits per heavy atom. The van der Waals surface area contributed by atoms with Crippen molar-refractivity contribution < 1.29 is 19.3 Å². The lowest BCUT2D eigenvalue weighted by molar-refractivity contribution is 0.0486. The number of ether oxygens (including phenoxy) is 3. The minimum Gasteiger partial charge on any atom is -0.490 e. The maximum Gasteiger partial charge on any atom is 0.124 e. The van der Waals surface area contributed by atoms with Crippen LogP contribution in [0.3, 0.4) is 0 Å².